The van der Waals surface area contributed by atoms with Crippen LogP contribution in [0.25, 0.3) is 6.08 Å². The lowest BCUT2D eigenvalue weighted by molar-refractivity contribution is -0.222. The van der Waals surface area contributed by atoms with Crippen LogP contribution in [0.15, 0.2) is 23.8 Å². The highest BCUT2D eigenvalue weighted by Gasteiger charge is 2.38. The molecule has 1 heterocycles. The molecule has 0 radical (unpaired) electrons. The Balaban J connectivity index is 2.33. The summed E-state index contributed by atoms with van der Waals surface area (Å²) in [6, 6.07) is 5.08. The van der Waals surface area contributed by atoms with Gasteiger partial charge in [-0.15, -0.1) is 0 Å². The molecule has 0 unspecified atom stereocenters. The third-order valence-corrected chi connectivity index (χ3v) is 2.92. The van der Waals surface area contributed by atoms with E-state index < -0.39 is 17.7 Å². The number of cyclic esters (lactones) is 2. The van der Waals surface area contributed by atoms with Crippen molar-refractivity contribution < 1.29 is 28.5 Å². The Morgan fingerprint density at radius 2 is 1.77 bits per heavy atom. The van der Waals surface area contributed by atoms with Gasteiger partial charge in [0.1, 0.15) is 5.57 Å². The van der Waals surface area contributed by atoms with E-state index in [0.717, 1.165) is 0 Å². The molecule has 0 spiro atoms. The lowest BCUT2D eigenvalue weighted by Gasteiger charge is -2.29. The van der Waals surface area contributed by atoms with Gasteiger partial charge < -0.3 is 18.9 Å². The minimum absolute atomic E-state index is 0.162. The van der Waals surface area contributed by atoms with Gasteiger partial charge in [-0.3, -0.25) is 0 Å². The first-order valence-electron chi connectivity index (χ1n) is 6.85. The number of hydrogen-bond acceptors (Lipinski definition) is 6. The summed E-state index contributed by atoms with van der Waals surface area (Å²) in [7, 11) is 1.51. The Kier molecular flexibility index (Phi) is 4.40. The van der Waals surface area contributed by atoms with Gasteiger partial charge in [-0.2, -0.15) is 0 Å². The zero-order valence-electron chi connectivity index (χ0n) is 13.0. The normalized spacial score (nSPS) is 16.6. The topological polar surface area (TPSA) is 71.1 Å². The van der Waals surface area contributed by atoms with Gasteiger partial charge in [-0.1, -0.05) is 6.07 Å². The van der Waals surface area contributed by atoms with Crippen molar-refractivity contribution >= 4 is 18.0 Å². The van der Waals surface area contributed by atoms with Crippen LogP contribution in [0, 0.1) is 0 Å². The second-order valence-electron chi connectivity index (χ2n) is 5.08. The number of hydrogen-bond donors (Lipinski definition) is 0. The molecule has 0 amide bonds. The summed E-state index contributed by atoms with van der Waals surface area (Å²) in [6.45, 7) is 5.37. The van der Waals surface area contributed by atoms with Gasteiger partial charge in [0.2, 0.25) is 0 Å². The van der Waals surface area contributed by atoms with Gasteiger partial charge in [0.15, 0.2) is 11.5 Å². The van der Waals surface area contributed by atoms with Crippen LogP contribution >= 0.6 is 0 Å². The van der Waals surface area contributed by atoms with Crippen LogP contribution in [-0.4, -0.2) is 31.4 Å². The van der Waals surface area contributed by atoms with Crippen LogP contribution < -0.4 is 9.47 Å². The quantitative estimate of drug-likeness (QED) is 0.483. The monoisotopic (exact) mass is 306 g/mol. The summed E-state index contributed by atoms with van der Waals surface area (Å²) in [5, 5.41) is 0. The van der Waals surface area contributed by atoms with Crippen LogP contribution in [0.2, 0.25) is 0 Å². The SMILES string of the molecule is CCOc1ccc(C=C2C(=O)OC(C)(C)OC2=O)cc1OC. The first-order valence-corrected chi connectivity index (χ1v) is 6.85. The number of rotatable bonds is 4. The van der Waals surface area contributed by atoms with E-state index in [-0.39, 0.29) is 5.57 Å². The highest BCUT2D eigenvalue weighted by atomic mass is 16.7. The molecule has 0 atom stereocenters. The van der Waals surface area contributed by atoms with Gasteiger partial charge >= 0.3 is 11.9 Å². The van der Waals surface area contributed by atoms with Crippen molar-refractivity contribution in [2.75, 3.05) is 13.7 Å². The molecule has 6 nitrogen and oxygen atoms in total. The summed E-state index contributed by atoms with van der Waals surface area (Å²) in [5.41, 5.74) is 0.439. The Morgan fingerprint density at radius 3 is 2.32 bits per heavy atom. The molecule has 1 aromatic carbocycles. The molecule has 1 aliphatic heterocycles. The van der Waals surface area contributed by atoms with Crippen molar-refractivity contribution in [2.24, 2.45) is 0 Å². The highest BCUT2D eigenvalue weighted by Crippen LogP contribution is 2.30. The summed E-state index contributed by atoms with van der Waals surface area (Å²) >= 11 is 0. The number of ether oxygens (including phenoxy) is 4. The molecule has 0 saturated carbocycles. The van der Waals surface area contributed by atoms with E-state index in [4.69, 9.17) is 18.9 Å². The second-order valence-corrected chi connectivity index (χ2v) is 5.08. The zero-order valence-corrected chi connectivity index (χ0v) is 13.0. The van der Waals surface area contributed by atoms with Crippen molar-refractivity contribution in [1.29, 1.82) is 0 Å². The van der Waals surface area contributed by atoms with Crippen LogP contribution in [-0.2, 0) is 19.1 Å². The fraction of sp³-hybridized carbons (Fsp3) is 0.375. The molecule has 22 heavy (non-hydrogen) atoms. The Labute approximate surface area is 128 Å². The minimum atomic E-state index is -1.25. The van der Waals surface area contributed by atoms with Crippen molar-refractivity contribution in [3.05, 3.63) is 29.3 Å². The lowest BCUT2D eigenvalue weighted by atomic mass is 10.1. The van der Waals surface area contributed by atoms with E-state index >= 15 is 0 Å². The maximum Gasteiger partial charge on any atom is 0.348 e. The Morgan fingerprint density at radius 1 is 1.14 bits per heavy atom. The van der Waals surface area contributed by atoms with Crippen molar-refractivity contribution in [2.45, 2.75) is 26.6 Å². The predicted octanol–water partition coefficient (Wildman–Crippen LogP) is 2.31. The van der Waals surface area contributed by atoms with Crippen LogP contribution in [0.1, 0.15) is 26.3 Å². The molecule has 1 aromatic rings. The number of methoxy groups -OCH3 is 1. The molecule has 118 valence electrons. The fourth-order valence-electron chi connectivity index (χ4n) is 1.99. The first-order chi connectivity index (χ1) is 10.4. The number of esters is 2. The van der Waals surface area contributed by atoms with E-state index in [1.165, 1.54) is 27.0 Å². The zero-order chi connectivity index (χ0) is 16.3. The number of benzene rings is 1. The van der Waals surface area contributed by atoms with Gasteiger partial charge in [0.05, 0.1) is 13.7 Å². The summed E-state index contributed by atoms with van der Waals surface area (Å²) in [5.74, 6) is -1.58. The van der Waals surface area contributed by atoms with E-state index in [2.05, 4.69) is 0 Å². The molecule has 0 aromatic heterocycles. The molecule has 0 aliphatic carbocycles. The number of carbonyl (C=O) groups excluding carboxylic acids is 2. The lowest BCUT2D eigenvalue weighted by Crippen LogP contribution is -2.41. The molecule has 0 N–H and O–H groups in total. The average Bonchev–Trinajstić information content (AvgIpc) is 2.43. The molecular formula is C16H18O6. The van der Waals surface area contributed by atoms with Gasteiger partial charge in [0, 0.05) is 13.8 Å². The third kappa shape index (κ3) is 3.39. The van der Waals surface area contributed by atoms with Gasteiger partial charge in [-0.25, -0.2) is 9.59 Å². The molecule has 0 bridgehead atoms. The summed E-state index contributed by atoms with van der Waals surface area (Å²) in [6.07, 6.45) is 1.40. The molecule has 2 rings (SSSR count). The van der Waals surface area contributed by atoms with Crippen molar-refractivity contribution in [3.8, 4) is 11.5 Å². The largest absolute Gasteiger partial charge is 0.493 e. The van der Waals surface area contributed by atoms with Crippen molar-refractivity contribution in [1.82, 2.24) is 0 Å². The Hall–Kier alpha value is -2.50. The molecule has 1 saturated heterocycles. The highest BCUT2D eigenvalue weighted by molar-refractivity contribution is 6.18. The molecule has 6 heteroatoms. The molecular weight excluding hydrogens is 288 g/mol. The van der Waals surface area contributed by atoms with Crippen molar-refractivity contribution in [3.63, 3.8) is 0 Å². The van der Waals surface area contributed by atoms with E-state index in [0.29, 0.717) is 23.7 Å². The molecule has 1 fully saturated rings. The summed E-state index contributed by atoms with van der Waals surface area (Å²) < 4.78 is 20.7. The van der Waals surface area contributed by atoms with E-state index in [1.807, 2.05) is 6.92 Å². The fourth-order valence-corrected chi connectivity index (χ4v) is 1.99. The van der Waals surface area contributed by atoms with Crippen LogP contribution in [0.5, 0.6) is 11.5 Å². The van der Waals surface area contributed by atoms with Gasteiger partial charge in [-0.05, 0) is 30.7 Å². The van der Waals surface area contributed by atoms with Crippen LogP contribution in [0.3, 0.4) is 0 Å². The third-order valence-electron chi connectivity index (χ3n) is 2.92. The van der Waals surface area contributed by atoms with E-state index in [1.54, 1.807) is 18.2 Å². The number of carbonyl (C=O) groups is 2. The van der Waals surface area contributed by atoms with Crippen LogP contribution in [0.4, 0.5) is 0 Å². The van der Waals surface area contributed by atoms with E-state index in [9.17, 15) is 9.59 Å². The first kappa shape index (κ1) is 15.9. The predicted molar refractivity (Wildman–Crippen MR) is 78.4 cm³/mol. The minimum Gasteiger partial charge on any atom is -0.493 e. The Bertz CT molecular complexity index is 608. The average molecular weight is 306 g/mol. The summed E-state index contributed by atoms with van der Waals surface area (Å²) in [4.78, 5) is 23.8. The maximum atomic E-state index is 11.9. The maximum absolute atomic E-state index is 11.9. The smallest absolute Gasteiger partial charge is 0.348 e. The van der Waals surface area contributed by atoms with Gasteiger partial charge in [0.25, 0.3) is 5.79 Å². The molecule has 1 aliphatic rings. The second kappa shape index (κ2) is 6.09. The standard InChI is InChI=1S/C16H18O6/c1-5-20-12-7-6-10(9-13(12)19-4)8-11-14(17)21-16(2,3)22-15(11)18/h6-9H,5H2,1-4H3.